The number of piperidine rings is 1. The molecule has 7 rings (SSSR count). The summed E-state index contributed by atoms with van der Waals surface area (Å²) in [5, 5.41) is 13.4. The van der Waals surface area contributed by atoms with Crippen molar-refractivity contribution in [2.24, 2.45) is 5.41 Å². The molecule has 9 nitrogen and oxygen atoms in total. The number of nitriles is 1. The first-order chi connectivity index (χ1) is 22.0. The molecule has 46 heavy (non-hydrogen) atoms. The van der Waals surface area contributed by atoms with Crippen LogP contribution in [0.25, 0.3) is 11.5 Å². The summed E-state index contributed by atoms with van der Waals surface area (Å²) in [6.07, 6.45) is -0.0567. The Hall–Kier alpha value is -4.28. The van der Waals surface area contributed by atoms with Gasteiger partial charge in [0, 0.05) is 30.5 Å². The van der Waals surface area contributed by atoms with E-state index < -0.39 is 29.1 Å². The Bertz CT molecular complexity index is 1850. The fourth-order valence-corrected chi connectivity index (χ4v) is 6.29. The van der Waals surface area contributed by atoms with Crippen molar-refractivity contribution in [1.29, 1.82) is 5.26 Å². The molecule has 0 radical (unpaired) electrons. The van der Waals surface area contributed by atoms with Gasteiger partial charge >= 0.3 is 12.1 Å². The lowest BCUT2D eigenvalue weighted by Crippen LogP contribution is -2.34. The molecular formula is C32H27ClF4N6O3. The number of hydrogen-bond acceptors (Lipinski definition) is 9. The fraction of sp³-hybridized carbons (Fsp3) is 0.406. The van der Waals surface area contributed by atoms with Crippen LogP contribution in [-0.4, -0.2) is 38.1 Å². The van der Waals surface area contributed by atoms with Crippen LogP contribution in [0.2, 0.25) is 5.02 Å². The van der Waals surface area contributed by atoms with Crippen molar-refractivity contribution in [1.82, 2.24) is 25.0 Å². The van der Waals surface area contributed by atoms with Crippen LogP contribution in [-0.2, 0) is 24.9 Å². The zero-order valence-electron chi connectivity index (χ0n) is 24.6. The van der Waals surface area contributed by atoms with Crippen LogP contribution < -0.4 is 9.47 Å². The molecule has 1 saturated carbocycles. The third-order valence-electron chi connectivity index (χ3n) is 8.86. The Labute approximate surface area is 266 Å². The van der Waals surface area contributed by atoms with E-state index in [1.54, 1.807) is 19.1 Å². The highest BCUT2D eigenvalue weighted by atomic mass is 35.5. The molecular weight excluding hydrogens is 628 g/mol. The van der Waals surface area contributed by atoms with Gasteiger partial charge in [-0.3, -0.25) is 9.88 Å². The normalized spacial score (nSPS) is 20.9. The lowest BCUT2D eigenvalue weighted by atomic mass is 9.88. The predicted octanol–water partition coefficient (Wildman–Crippen LogP) is 7.21. The van der Waals surface area contributed by atoms with Gasteiger partial charge in [-0.1, -0.05) is 28.9 Å². The van der Waals surface area contributed by atoms with E-state index in [1.165, 1.54) is 12.3 Å². The molecule has 14 heteroatoms. The van der Waals surface area contributed by atoms with Gasteiger partial charge in [0.25, 0.3) is 5.79 Å². The Kier molecular flexibility index (Phi) is 7.40. The lowest BCUT2D eigenvalue weighted by Gasteiger charge is -2.32. The van der Waals surface area contributed by atoms with Gasteiger partial charge in [-0.15, -0.1) is 0 Å². The van der Waals surface area contributed by atoms with Crippen LogP contribution in [0, 0.1) is 22.6 Å². The van der Waals surface area contributed by atoms with Crippen molar-refractivity contribution >= 4 is 11.6 Å². The number of benzene rings is 2. The van der Waals surface area contributed by atoms with E-state index in [1.807, 2.05) is 18.2 Å². The van der Waals surface area contributed by atoms with Gasteiger partial charge in [0.2, 0.25) is 5.82 Å². The van der Waals surface area contributed by atoms with Crippen molar-refractivity contribution in [2.45, 2.75) is 63.5 Å². The summed E-state index contributed by atoms with van der Waals surface area (Å²) in [5.74, 6) is -2.32. The summed E-state index contributed by atoms with van der Waals surface area (Å²) in [6.45, 7) is 3.59. The third-order valence-corrected chi connectivity index (χ3v) is 9.09. The van der Waals surface area contributed by atoms with Crippen LogP contribution in [0.15, 0.2) is 47.1 Å². The van der Waals surface area contributed by atoms with Crippen molar-refractivity contribution < 1.29 is 31.6 Å². The third kappa shape index (κ3) is 5.76. The lowest BCUT2D eigenvalue weighted by molar-refractivity contribution is -0.159. The number of alkyl halides is 3. The van der Waals surface area contributed by atoms with Crippen LogP contribution in [0.5, 0.6) is 11.5 Å². The summed E-state index contributed by atoms with van der Waals surface area (Å²) < 4.78 is 70.7. The molecule has 0 N–H and O–H groups in total. The van der Waals surface area contributed by atoms with Gasteiger partial charge in [-0.05, 0) is 69.0 Å². The van der Waals surface area contributed by atoms with Gasteiger partial charge in [-0.25, -0.2) is 9.37 Å². The first-order valence-electron chi connectivity index (χ1n) is 14.8. The van der Waals surface area contributed by atoms with E-state index in [0.717, 1.165) is 44.3 Å². The quantitative estimate of drug-likeness (QED) is 0.191. The van der Waals surface area contributed by atoms with Gasteiger partial charge < -0.3 is 14.0 Å². The number of fused-ring (bicyclic) bond motifs is 1. The standard InChI is InChI=1S/C32H27ClF4N6O3/c1-30(21-6-5-19(33)13-22(21)34)44-26-4-2-3-20(27(26)45-30)18-7-11-43(12-8-18)16-25-23(14-31(17-38)9-10-31)40-24(15-39-25)28-41-29(46-42-28)32(35,36)37/h2-6,13,15,18H,7-12,14,16H2,1H3/t30-/m0/s1. The molecule has 0 bridgehead atoms. The minimum Gasteiger partial charge on any atom is -0.444 e. The first-order valence-corrected chi connectivity index (χ1v) is 15.2. The molecule has 4 aromatic rings. The topological polar surface area (TPSA) is 110 Å². The van der Waals surface area contributed by atoms with E-state index in [2.05, 4.69) is 35.6 Å². The molecule has 2 aliphatic heterocycles. The Morgan fingerprint density at radius 1 is 1.09 bits per heavy atom. The summed E-state index contributed by atoms with van der Waals surface area (Å²) >= 11 is 5.95. The molecule has 3 aliphatic rings. The number of hydrogen-bond donors (Lipinski definition) is 0. The minimum atomic E-state index is -4.78. The second kappa shape index (κ2) is 11.2. The van der Waals surface area contributed by atoms with E-state index in [9.17, 15) is 22.8 Å². The number of aromatic nitrogens is 4. The number of halogens is 5. The maximum absolute atomic E-state index is 14.8. The number of rotatable bonds is 7. The Morgan fingerprint density at radius 2 is 1.87 bits per heavy atom. The maximum atomic E-state index is 14.8. The van der Waals surface area contributed by atoms with E-state index >= 15 is 0 Å². The number of para-hydroxylation sites is 1. The fourth-order valence-electron chi connectivity index (χ4n) is 6.13. The minimum absolute atomic E-state index is 0.0519. The number of nitrogens with zero attached hydrogens (tertiary/aromatic N) is 6. The highest BCUT2D eigenvalue weighted by Crippen LogP contribution is 2.50. The number of ether oxygens (including phenoxy) is 2. The molecule has 1 aliphatic carbocycles. The SMILES string of the molecule is C[C@]1(c2ccc(Cl)cc2F)Oc2cccc(C3CCN(Cc4ncc(-c5noc(C(F)(F)F)n5)nc4CC4(C#N)CC4)CC3)c2O1. The highest BCUT2D eigenvalue weighted by Gasteiger charge is 2.45. The van der Waals surface area contributed by atoms with Crippen LogP contribution in [0.1, 0.15) is 66.9 Å². The van der Waals surface area contributed by atoms with Gasteiger partial charge in [-0.2, -0.15) is 23.4 Å². The van der Waals surface area contributed by atoms with E-state index in [-0.39, 0.29) is 28.0 Å². The predicted molar refractivity (Wildman–Crippen MR) is 155 cm³/mol. The van der Waals surface area contributed by atoms with Crippen LogP contribution in [0.3, 0.4) is 0 Å². The summed E-state index contributed by atoms with van der Waals surface area (Å²) in [5.41, 5.74) is 1.93. The van der Waals surface area contributed by atoms with Crippen LogP contribution >= 0.6 is 11.6 Å². The molecule has 0 amide bonds. The molecule has 2 aromatic heterocycles. The molecule has 2 fully saturated rings. The van der Waals surface area contributed by atoms with Gasteiger partial charge in [0.05, 0.1) is 34.6 Å². The van der Waals surface area contributed by atoms with Crippen molar-refractivity contribution in [2.75, 3.05) is 13.1 Å². The van der Waals surface area contributed by atoms with Crippen molar-refractivity contribution in [3.63, 3.8) is 0 Å². The summed E-state index contributed by atoms with van der Waals surface area (Å²) in [7, 11) is 0. The molecule has 1 saturated heterocycles. The molecule has 2 aromatic carbocycles. The van der Waals surface area contributed by atoms with E-state index in [4.69, 9.17) is 21.1 Å². The largest absolute Gasteiger partial charge is 0.471 e. The number of likely N-dealkylation sites (tertiary alicyclic amines) is 1. The second-order valence-electron chi connectivity index (χ2n) is 12.1. The van der Waals surface area contributed by atoms with Crippen molar-refractivity contribution in [3.8, 4) is 29.1 Å². The second-order valence-corrected chi connectivity index (χ2v) is 12.6. The zero-order valence-corrected chi connectivity index (χ0v) is 25.3. The molecule has 4 heterocycles. The van der Waals surface area contributed by atoms with E-state index in [0.29, 0.717) is 35.9 Å². The maximum Gasteiger partial charge on any atom is 0.471 e. The summed E-state index contributed by atoms with van der Waals surface area (Å²) in [4.78, 5) is 14.8. The van der Waals surface area contributed by atoms with Crippen molar-refractivity contribution in [3.05, 3.63) is 81.8 Å². The monoisotopic (exact) mass is 654 g/mol. The highest BCUT2D eigenvalue weighted by molar-refractivity contribution is 6.30. The molecule has 0 spiro atoms. The average Bonchev–Trinajstić information content (AvgIpc) is 3.42. The molecule has 1 atom stereocenters. The Balaban J connectivity index is 1.07. The van der Waals surface area contributed by atoms with Crippen LogP contribution in [0.4, 0.5) is 17.6 Å². The van der Waals surface area contributed by atoms with Gasteiger partial charge in [0.15, 0.2) is 11.5 Å². The first kappa shape index (κ1) is 30.4. The molecule has 0 unspecified atom stereocenters. The summed E-state index contributed by atoms with van der Waals surface area (Å²) in [6, 6.07) is 12.5. The Morgan fingerprint density at radius 3 is 2.54 bits per heavy atom. The average molecular weight is 655 g/mol. The zero-order chi connectivity index (χ0) is 32.3. The van der Waals surface area contributed by atoms with Gasteiger partial charge in [0.1, 0.15) is 11.5 Å². The smallest absolute Gasteiger partial charge is 0.444 e. The molecule has 238 valence electrons.